The highest BCUT2D eigenvalue weighted by molar-refractivity contribution is 5.68. The zero-order valence-corrected chi connectivity index (χ0v) is 12.7. The molecule has 0 saturated carbocycles. The van der Waals surface area contributed by atoms with Crippen molar-refractivity contribution in [3.05, 3.63) is 0 Å². The number of carbonyl (C=O) groups is 1. The Morgan fingerprint density at radius 3 is 2.50 bits per heavy atom. The van der Waals surface area contributed by atoms with E-state index in [1.54, 1.807) is 0 Å². The van der Waals surface area contributed by atoms with Gasteiger partial charge in [0.25, 0.3) is 0 Å². The van der Waals surface area contributed by atoms with Crippen LogP contribution < -0.4 is 5.32 Å². The number of nitrogens with one attached hydrogen (secondary N) is 1. The number of nitrogens with zero attached hydrogens (tertiary/aromatic N) is 1. The zero-order chi connectivity index (χ0) is 14.0. The molecule has 1 rings (SSSR count). The van der Waals surface area contributed by atoms with Crippen LogP contribution in [0.25, 0.3) is 0 Å². The number of piperidine rings is 1. The number of hydrogen-bond acceptors (Lipinski definition) is 3. The van der Waals surface area contributed by atoms with E-state index in [-0.39, 0.29) is 11.6 Å². The number of amides is 1. The summed E-state index contributed by atoms with van der Waals surface area (Å²) in [5.74, 6) is 0. The lowest BCUT2D eigenvalue weighted by atomic mass is 9.90. The van der Waals surface area contributed by atoms with Gasteiger partial charge in [0.05, 0.1) is 0 Å². The highest BCUT2D eigenvalue weighted by Crippen LogP contribution is 2.23. The van der Waals surface area contributed by atoms with E-state index in [0.717, 1.165) is 25.9 Å². The van der Waals surface area contributed by atoms with Crippen LogP contribution in [0.2, 0.25) is 0 Å². The van der Waals surface area contributed by atoms with Gasteiger partial charge in [0, 0.05) is 24.7 Å². The molecule has 4 heteroatoms. The molecule has 1 amide bonds. The Bertz CT molecular complexity index is 297. The molecule has 1 atom stereocenters. The number of ether oxygens (including phenoxy) is 1. The third kappa shape index (κ3) is 4.84. The second-order valence-corrected chi connectivity index (χ2v) is 6.87. The van der Waals surface area contributed by atoms with E-state index < -0.39 is 5.60 Å². The Kier molecular flexibility index (Phi) is 4.65. The van der Waals surface area contributed by atoms with E-state index in [0.29, 0.717) is 6.04 Å². The van der Waals surface area contributed by atoms with Crippen LogP contribution in [0, 0.1) is 0 Å². The molecule has 0 aromatic carbocycles. The van der Waals surface area contributed by atoms with Crippen molar-refractivity contribution in [2.24, 2.45) is 0 Å². The van der Waals surface area contributed by atoms with E-state index in [4.69, 9.17) is 4.74 Å². The van der Waals surface area contributed by atoms with Gasteiger partial charge < -0.3 is 15.0 Å². The molecule has 0 radical (unpaired) electrons. The van der Waals surface area contributed by atoms with Crippen LogP contribution in [-0.4, -0.2) is 41.3 Å². The van der Waals surface area contributed by atoms with Gasteiger partial charge in [-0.05, 0) is 40.5 Å². The SMILES string of the molecule is CC(C)N[C@@]1(C)CCCN(C(=O)OC(C)(C)C)C1. The predicted molar refractivity (Wildman–Crippen MR) is 73.7 cm³/mol. The van der Waals surface area contributed by atoms with Crippen LogP contribution in [0.4, 0.5) is 4.79 Å². The predicted octanol–water partition coefficient (Wildman–Crippen LogP) is 2.77. The van der Waals surface area contributed by atoms with Crippen LogP contribution in [0.5, 0.6) is 0 Å². The Morgan fingerprint density at radius 1 is 1.39 bits per heavy atom. The van der Waals surface area contributed by atoms with Crippen molar-refractivity contribution in [1.29, 1.82) is 0 Å². The van der Waals surface area contributed by atoms with Gasteiger partial charge >= 0.3 is 6.09 Å². The average Bonchev–Trinajstić information content (AvgIpc) is 2.12. The molecule has 4 nitrogen and oxygen atoms in total. The van der Waals surface area contributed by atoms with Gasteiger partial charge in [0.2, 0.25) is 0 Å². The van der Waals surface area contributed by atoms with Crippen molar-refractivity contribution in [1.82, 2.24) is 10.2 Å². The van der Waals surface area contributed by atoms with Crippen molar-refractivity contribution >= 4 is 6.09 Å². The van der Waals surface area contributed by atoms with Crippen LogP contribution in [0.15, 0.2) is 0 Å². The normalized spacial score (nSPS) is 25.4. The highest BCUT2D eigenvalue weighted by atomic mass is 16.6. The van der Waals surface area contributed by atoms with Gasteiger partial charge in [0.15, 0.2) is 0 Å². The van der Waals surface area contributed by atoms with Crippen molar-refractivity contribution in [2.75, 3.05) is 13.1 Å². The molecular formula is C14H28N2O2. The lowest BCUT2D eigenvalue weighted by Crippen LogP contribution is -2.58. The monoisotopic (exact) mass is 256 g/mol. The minimum atomic E-state index is -0.420. The second kappa shape index (κ2) is 5.47. The molecule has 0 unspecified atom stereocenters. The summed E-state index contributed by atoms with van der Waals surface area (Å²) in [6.07, 6.45) is 1.93. The van der Waals surface area contributed by atoms with Gasteiger partial charge in [-0.3, -0.25) is 0 Å². The van der Waals surface area contributed by atoms with Crippen LogP contribution in [-0.2, 0) is 4.74 Å². The van der Waals surface area contributed by atoms with Gasteiger partial charge in [-0.15, -0.1) is 0 Å². The van der Waals surface area contributed by atoms with Gasteiger partial charge in [-0.1, -0.05) is 13.8 Å². The fourth-order valence-corrected chi connectivity index (χ4v) is 2.54. The average molecular weight is 256 g/mol. The third-order valence-corrected chi connectivity index (χ3v) is 2.99. The smallest absolute Gasteiger partial charge is 0.410 e. The van der Waals surface area contributed by atoms with E-state index in [1.807, 2.05) is 25.7 Å². The molecule has 1 aliphatic heterocycles. The van der Waals surface area contributed by atoms with Crippen LogP contribution >= 0.6 is 0 Å². The van der Waals surface area contributed by atoms with Crippen molar-refractivity contribution in [2.45, 2.75) is 71.6 Å². The Morgan fingerprint density at radius 2 is 2.00 bits per heavy atom. The fraction of sp³-hybridized carbons (Fsp3) is 0.929. The summed E-state index contributed by atoms with van der Waals surface area (Å²) in [6, 6.07) is 0.425. The summed E-state index contributed by atoms with van der Waals surface area (Å²) in [4.78, 5) is 13.9. The van der Waals surface area contributed by atoms with E-state index in [9.17, 15) is 4.79 Å². The molecule has 1 heterocycles. The lowest BCUT2D eigenvalue weighted by molar-refractivity contribution is 0.0116. The topological polar surface area (TPSA) is 41.6 Å². The molecule has 0 spiro atoms. The quantitative estimate of drug-likeness (QED) is 0.826. The first kappa shape index (κ1) is 15.3. The minimum absolute atomic E-state index is 0.00329. The van der Waals surface area contributed by atoms with E-state index >= 15 is 0 Å². The van der Waals surface area contributed by atoms with Gasteiger partial charge in [-0.2, -0.15) is 0 Å². The molecule has 0 bridgehead atoms. The third-order valence-electron chi connectivity index (χ3n) is 2.99. The number of carbonyl (C=O) groups excluding carboxylic acids is 1. The molecule has 18 heavy (non-hydrogen) atoms. The van der Waals surface area contributed by atoms with Gasteiger partial charge in [-0.25, -0.2) is 4.79 Å². The van der Waals surface area contributed by atoms with Crippen molar-refractivity contribution < 1.29 is 9.53 Å². The van der Waals surface area contributed by atoms with Crippen LogP contribution in [0.3, 0.4) is 0 Å². The Balaban J connectivity index is 2.61. The molecule has 1 fully saturated rings. The number of likely N-dealkylation sites (tertiary alicyclic amines) is 1. The first-order chi connectivity index (χ1) is 8.11. The van der Waals surface area contributed by atoms with E-state index in [1.165, 1.54) is 0 Å². The van der Waals surface area contributed by atoms with Crippen molar-refractivity contribution in [3.8, 4) is 0 Å². The molecule has 1 saturated heterocycles. The molecule has 0 aromatic rings. The largest absolute Gasteiger partial charge is 0.444 e. The zero-order valence-electron chi connectivity index (χ0n) is 12.7. The summed E-state index contributed by atoms with van der Waals surface area (Å²) in [6.45, 7) is 13.7. The Hall–Kier alpha value is -0.770. The fourth-order valence-electron chi connectivity index (χ4n) is 2.54. The first-order valence-electron chi connectivity index (χ1n) is 6.87. The van der Waals surface area contributed by atoms with Crippen molar-refractivity contribution in [3.63, 3.8) is 0 Å². The highest BCUT2D eigenvalue weighted by Gasteiger charge is 2.34. The molecular weight excluding hydrogens is 228 g/mol. The lowest BCUT2D eigenvalue weighted by Gasteiger charge is -2.42. The summed E-state index contributed by atoms with van der Waals surface area (Å²) in [7, 11) is 0. The summed E-state index contributed by atoms with van der Waals surface area (Å²) in [5, 5.41) is 3.56. The van der Waals surface area contributed by atoms with Gasteiger partial charge in [0.1, 0.15) is 5.60 Å². The molecule has 0 aliphatic carbocycles. The molecule has 0 aromatic heterocycles. The summed E-state index contributed by atoms with van der Waals surface area (Å²) < 4.78 is 5.43. The summed E-state index contributed by atoms with van der Waals surface area (Å²) >= 11 is 0. The maximum absolute atomic E-state index is 12.1. The molecule has 1 aliphatic rings. The summed E-state index contributed by atoms with van der Waals surface area (Å²) in [5.41, 5.74) is -0.417. The Labute approximate surface area is 111 Å². The standard InChI is InChI=1S/C14H28N2O2/c1-11(2)15-14(6)8-7-9-16(10-14)12(17)18-13(3,4)5/h11,15H,7-10H2,1-6H3/t14-/m0/s1. The maximum Gasteiger partial charge on any atom is 0.410 e. The first-order valence-corrected chi connectivity index (χ1v) is 6.87. The van der Waals surface area contributed by atoms with Crippen LogP contribution in [0.1, 0.15) is 54.4 Å². The maximum atomic E-state index is 12.1. The number of hydrogen-bond donors (Lipinski definition) is 1. The van der Waals surface area contributed by atoms with E-state index in [2.05, 4.69) is 26.1 Å². The second-order valence-electron chi connectivity index (χ2n) is 6.87. The molecule has 1 N–H and O–H groups in total. The minimum Gasteiger partial charge on any atom is -0.444 e. The number of rotatable bonds is 2. The molecule has 106 valence electrons.